The minimum absolute atomic E-state index is 0.599. The number of aryl methyl sites for hydroxylation is 2. The lowest BCUT2D eigenvalue weighted by Crippen LogP contribution is -2.00. The zero-order valence-corrected chi connectivity index (χ0v) is 34.4. The monoisotopic (exact) mass is 805 g/mol. The van der Waals surface area contributed by atoms with E-state index >= 15 is 0 Å². The number of fused-ring (bicyclic) bond motifs is 9. The van der Waals surface area contributed by atoms with Crippen molar-refractivity contribution in [2.24, 2.45) is 0 Å². The number of hydrogen-bond donors (Lipinski definition) is 0. The van der Waals surface area contributed by atoms with Crippen LogP contribution in [-0.4, -0.2) is 15.0 Å². The first-order chi connectivity index (χ1) is 31.2. The van der Waals surface area contributed by atoms with Gasteiger partial charge in [0.15, 0.2) is 17.5 Å². The van der Waals surface area contributed by atoms with Crippen molar-refractivity contribution < 1.29 is 4.42 Å². The quantitative estimate of drug-likeness (QED) is 0.144. The van der Waals surface area contributed by atoms with Crippen molar-refractivity contribution in [1.82, 2.24) is 15.0 Å². The van der Waals surface area contributed by atoms with Crippen molar-refractivity contribution in [1.29, 1.82) is 0 Å². The van der Waals surface area contributed by atoms with Gasteiger partial charge >= 0.3 is 0 Å². The van der Waals surface area contributed by atoms with Crippen LogP contribution in [0.3, 0.4) is 0 Å². The van der Waals surface area contributed by atoms with Crippen LogP contribution in [0.15, 0.2) is 217 Å². The molecule has 0 bridgehead atoms. The molecule has 0 unspecified atom stereocenters. The molecule has 0 atom stereocenters. The Morgan fingerprint density at radius 1 is 0.254 bits per heavy atom. The minimum Gasteiger partial charge on any atom is -0.456 e. The second-order valence-corrected chi connectivity index (χ2v) is 16.3. The number of benzene rings is 10. The highest BCUT2D eigenvalue weighted by Gasteiger charge is 2.16. The van der Waals surface area contributed by atoms with Crippen molar-refractivity contribution in [3.05, 3.63) is 223 Å². The topological polar surface area (TPSA) is 51.8 Å². The molecule has 12 rings (SSSR count). The summed E-state index contributed by atoms with van der Waals surface area (Å²) in [5.74, 6) is 1.86. The van der Waals surface area contributed by atoms with Gasteiger partial charge in [-0.2, -0.15) is 0 Å². The summed E-state index contributed by atoms with van der Waals surface area (Å²) in [6.07, 6.45) is 1.96. The molecule has 296 valence electrons. The van der Waals surface area contributed by atoms with Crippen LogP contribution in [0.25, 0.3) is 111 Å². The van der Waals surface area contributed by atoms with Crippen LogP contribution in [0.2, 0.25) is 0 Å². The van der Waals surface area contributed by atoms with Crippen molar-refractivity contribution in [3.63, 3.8) is 0 Å². The highest BCUT2D eigenvalue weighted by Crippen LogP contribution is 2.39. The molecule has 0 spiro atoms. The van der Waals surface area contributed by atoms with Crippen LogP contribution in [0.4, 0.5) is 0 Å². The van der Waals surface area contributed by atoms with Gasteiger partial charge in [0.1, 0.15) is 11.2 Å². The smallest absolute Gasteiger partial charge is 0.164 e. The van der Waals surface area contributed by atoms with E-state index in [1.807, 2.05) is 30.3 Å². The lowest BCUT2D eigenvalue weighted by molar-refractivity contribution is 0.669. The normalized spacial score (nSPS) is 11.6. The molecule has 63 heavy (non-hydrogen) atoms. The molecule has 0 aliphatic carbocycles. The SMILES string of the molecule is c1ccc(CCc2ccc(-c3nc(-c4ccccc4)nc(-c4ccc5c(c4)oc4cc(-c6cccc(-c7ccc8c9ccccc9c9ccccc9c8c7)c6)ccc45)n3)cc2)cc1. The Hall–Kier alpha value is -8.21. The van der Waals surface area contributed by atoms with Gasteiger partial charge in [-0.05, 0) is 115 Å². The summed E-state index contributed by atoms with van der Waals surface area (Å²) >= 11 is 0. The Labute approximate surface area is 364 Å². The summed E-state index contributed by atoms with van der Waals surface area (Å²) in [7, 11) is 0. The van der Waals surface area contributed by atoms with Gasteiger partial charge in [0, 0.05) is 27.5 Å². The maximum atomic E-state index is 6.64. The Morgan fingerprint density at radius 3 is 1.24 bits per heavy atom. The van der Waals surface area contributed by atoms with Crippen LogP contribution in [0.1, 0.15) is 11.1 Å². The molecule has 0 amide bonds. The predicted octanol–water partition coefficient (Wildman–Crippen LogP) is 15.4. The second-order valence-electron chi connectivity index (χ2n) is 16.3. The molecule has 0 saturated carbocycles. The number of furan rings is 1. The molecule has 0 saturated heterocycles. The van der Waals surface area contributed by atoms with E-state index in [2.05, 4.69) is 182 Å². The van der Waals surface area contributed by atoms with Gasteiger partial charge in [-0.1, -0.05) is 176 Å². The standard InChI is InChI=1S/C59H39N3O/c1-3-12-38(13-4-1)22-23-39-24-26-41(27-25-39)58-60-57(40-14-5-2-6-15-40)61-59(62-58)46-30-33-53-52-32-29-45(36-55(52)63-56(53)37-46)43-17-11-16-42(34-43)44-28-31-51-49-20-8-7-18-47(49)48-19-9-10-21-50(48)54(51)35-44/h1-21,24-37H,22-23H2. The maximum Gasteiger partial charge on any atom is 0.164 e. The number of aromatic nitrogens is 3. The van der Waals surface area contributed by atoms with Crippen LogP contribution in [0, 0.1) is 0 Å². The van der Waals surface area contributed by atoms with Gasteiger partial charge in [0.25, 0.3) is 0 Å². The largest absolute Gasteiger partial charge is 0.456 e. The number of hydrogen-bond acceptors (Lipinski definition) is 4. The van der Waals surface area contributed by atoms with Crippen LogP contribution >= 0.6 is 0 Å². The summed E-state index contributed by atoms with van der Waals surface area (Å²) in [4.78, 5) is 15.0. The molecule has 0 aliphatic rings. The number of rotatable bonds is 8. The van der Waals surface area contributed by atoms with Crippen LogP contribution in [0.5, 0.6) is 0 Å². The molecule has 0 aliphatic heterocycles. The first-order valence-corrected chi connectivity index (χ1v) is 21.5. The highest BCUT2D eigenvalue weighted by molar-refractivity contribution is 6.25. The van der Waals surface area contributed by atoms with E-state index < -0.39 is 0 Å². The molecule has 2 aromatic heterocycles. The average Bonchev–Trinajstić information content (AvgIpc) is 3.73. The third kappa shape index (κ3) is 6.79. The summed E-state index contributed by atoms with van der Waals surface area (Å²) < 4.78 is 6.64. The zero-order valence-electron chi connectivity index (χ0n) is 34.4. The molecule has 2 heterocycles. The van der Waals surface area contributed by atoms with Crippen molar-refractivity contribution in [2.75, 3.05) is 0 Å². The lowest BCUT2D eigenvalue weighted by atomic mass is 9.91. The Bertz CT molecular complexity index is 3630. The van der Waals surface area contributed by atoms with Gasteiger partial charge in [-0.15, -0.1) is 0 Å². The molecule has 0 fully saturated rings. The second kappa shape index (κ2) is 15.4. The fourth-order valence-corrected chi connectivity index (χ4v) is 9.17. The van der Waals surface area contributed by atoms with Crippen molar-refractivity contribution in [2.45, 2.75) is 12.8 Å². The van der Waals surface area contributed by atoms with Gasteiger partial charge < -0.3 is 4.42 Å². The maximum absolute atomic E-state index is 6.64. The van der Waals surface area contributed by atoms with E-state index in [1.165, 1.54) is 54.6 Å². The van der Waals surface area contributed by atoms with E-state index in [-0.39, 0.29) is 0 Å². The molecular weight excluding hydrogens is 767 g/mol. The van der Waals surface area contributed by atoms with Crippen LogP contribution < -0.4 is 0 Å². The molecule has 4 nitrogen and oxygen atoms in total. The molecule has 4 heteroatoms. The van der Waals surface area contributed by atoms with Gasteiger partial charge in [0.05, 0.1) is 0 Å². The summed E-state index contributed by atoms with van der Waals surface area (Å²) in [6.45, 7) is 0. The molecule has 0 N–H and O–H groups in total. The summed E-state index contributed by atoms with van der Waals surface area (Å²) in [5, 5.41) is 9.78. The van der Waals surface area contributed by atoms with E-state index in [9.17, 15) is 0 Å². The molecule has 10 aromatic carbocycles. The first kappa shape index (κ1) is 36.6. The Morgan fingerprint density at radius 2 is 0.635 bits per heavy atom. The molecular formula is C59H39N3O. The van der Waals surface area contributed by atoms with Gasteiger partial charge in [-0.25, -0.2) is 15.0 Å². The van der Waals surface area contributed by atoms with E-state index in [4.69, 9.17) is 19.4 Å². The summed E-state index contributed by atoms with van der Waals surface area (Å²) in [6, 6.07) is 75.3. The third-order valence-electron chi connectivity index (χ3n) is 12.4. The average molecular weight is 806 g/mol. The van der Waals surface area contributed by atoms with E-state index in [0.717, 1.165) is 62.6 Å². The van der Waals surface area contributed by atoms with Gasteiger partial charge in [0.2, 0.25) is 0 Å². The zero-order chi connectivity index (χ0) is 41.7. The number of nitrogens with zero attached hydrogens (tertiary/aromatic N) is 3. The van der Waals surface area contributed by atoms with Crippen molar-refractivity contribution >= 4 is 54.3 Å². The highest BCUT2D eigenvalue weighted by atomic mass is 16.3. The summed E-state index contributed by atoms with van der Waals surface area (Å²) in [5.41, 5.74) is 11.6. The Balaban J connectivity index is 0.878. The fraction of sp³-hybridized carbons (Fsp3) is 0.0339. The van der Waals surface area contributed by atoms with E-state index in [0.29, 0.717) is 17.5 Å². The fourth-order valence-electron chi connectivity index (χ4n) is 9.17. The van der Waals surface area contributed by atoms with E-state index in [1.54, 1.807) is 0 Å². The van der Waals surface area contributed by atoms with Gasteiger partial charge in [-0.3, -0.25) is 0 Å². The van der Waals surface area contributed by atoms with Crippen LogP contribution in [-0.2, 0) is 12.8 Å². The first-order valence-electron chi connectivity index (χ1n) is 21.5. The lowest BCUT2D eigenvalue weighted by Gasteiger charge is -2.12. The minimum atomic E-state index is 0.599. The Kier molecular flexibility index (Phi) is 8.93. The molecule has 0 radical (unpaired) electrons. The molecule has 12 aromatic rings. The van der Waals surface area contributed by atoms with Crippen molar-refractivity contribution in [3.8, 4) is 56.4 Å². The third-order valence-corrected chi connectivity index (χ3v) is 12.4. The predicted molar refractivity (Wildman–Crippen MR) is 261 cm³/mol.